The molecular weight excluding hydrogens is 358 g/mol. The number of fused-ring (bicyclic) bond motifs is 1. The van der Waals surface area contributed by atoms with Crippen LogP contribution in [0.4, 0.5) is 0 Å². The molecule has 0 radical (unpaired) electrons. The molecule has 6 heteroatoms. The van der Waals surface area contributed by atoms with Gasteiger partial charge in [0, 0.05) is 17.2 Å². The van der Waals surface area contributed by atoms with E-state index in [0.29, 0.717) is 28.2 Å². The van der Waals surface area contributed by atoms with E-state index >= 15 is 0 Å². The molecule has 0 unspecified atom stereocenters. The fourth-order valence-electron chi connectivity index (χ4n) is 3.03. The van der Waals surface area contributed by atoms with Crippen molar-refractivity contribution < 1.29 is 18.5 Å². The minimum atomic E-state index is -0.606. The van der Waals surface area contributed by atoms with Crippen LogP contribution in [0.25, 0.3) is 22.3 Å². The van der Waals surface area contributed by atoms with Gasteiger partial charge in [-0.1, -0.05) is 41.6 Å². The molecule has 0 N–H and O–H groups in total. The van der Waals surface area contributed by atoms with E-state index in [2.05, 4.69) is 5.16 Å². The average molecular weight is 375 g/mol. The van der Waals surface area contributed by atoms with E-state index in [9.17, 15) is 9.59 Å². The smallest absolute Gasteiger partial charge is 0.342 e. The molecule has 2 aromatic heterocycles. The number of hydrogen-bond donors (Lipinski definition) is 0. The minimum absolute atomic E-state index is 0.0578. The van der Waals surface area contributed by atoms with Gasteiger partial charge in [-0.15, -0.1) is 0 Å². The highest BCUT2D eigenvalue weighted by atomic mass is 16.5. The molecule has 4 rings (SSSR count). The lowest BCUT2D eigenvalue weighted by molar-refractivity contribution is 0.0438. The van der Waals surface area contributed by atoms with Crippen LogP contribution in [-0.4, -0.2) is 11.1 Å². The summed E-state index contributed by atoms with van der Waals surface area (Å²) in [6.07, 6.45) is 0. The Kier molecular flexibility index (Phi) is 4.53. The van der Waals surface area contributed by atoms with Crippen molar-refractivity contribution in [3.63, 3.8) is 0 Å². The first-order valence-corrected chi connectivity index (χ1v) is 8.76. The SMILES string of the molecule is Cc1cc(COC(=O)c2cccc3c(=O)c(C)c(-c4ccccc4)oc23)on1. The molecule has 0 saturated carbocycles. The van der Waals surface area contributed by atoms with Gasteiger partial charge in [-0.25, -0.2) is 4.79 Å². The molecule has 2 aromatic carbocycles. The van der Waals surface area contributed by atoms with Crippen LogP contribution in [0.15, 0.2) is 68.3 Å². The molecule has 2 heterocycles. The summed E-state index contributed by atoms with van der Waals surface area (Å²) < 4.78 is 16.4. The Hall–Kier alpha value is -3.67. The second-order valence-electron chi connectivity index (χ2n) is 6.44. The van der Waals surface area contributed by atoms with Crippen LogP contribution < -0.4 is 5.43 Å². The monoisotopic (exact) mass is 375 g/mol. The number of nitrogens with zero attached hydrogens (tertiary/aromatic N) is 1. The summed E-state index contributed by atoms with van der Waals surface area (Å²) in [6, 6.07) is 15.8. The molecule has 0 amide bonds. The van der Waals surface area contributed by atoms with E-state index in [1.807, 2.05) is 30.3 Å². The van der Waals surface area contributed by atoms with Gasteiger partial charge in [-0.05, 0) is 26.0 Å². The maximum absolute atomic E-state index is 12.8. The van der Waals surface area contributed by atoms with Gasteiger partial charge in [0.25, 0.3) is 0 Å². The topological polar surface area (TPSA) is 82.5 Å². The maximum Gasteiger partial charge on any atom is 0.342 e. The summed E-state index contributed by atoms with van der Waals surface area (Å²) in [7, 11) is 0. The summed E-state index contributed by atoms with van der Waals surface area (Å²) in [6.45, 7) is 3.43. The molecular formula is C22H17NO5. The van der Waals surface area contributed by atoms with E-state index in [4.69, 9.17) is 13.7 Å². The summed E-state index contributed by atoms with van der Waals surface area (Å²) >= 11 is 0. The van der Waals surface area contributed by atoms with E-state index < -0.39 is 5.97 Å². The molecule has 0 atom stereocenters. The summed E-state index contributed by atoms with van der Waals surface area (Å²) in [5.41, 5.74) is 2.16. The largest absolute Gasteiger partial charge is 0.455 e. The minimum Gasteiger partial charge on any atom is -0.455 e. The Labute approximate surface area is 160 Å². The number of aryl methyl sites for hydroxylation is 1. The van der Waals surface area contributed by atoms with Crippen molar-refractivity contribution in [1.82, 2.24) is 5.16 Å². The number of para-hydroxylation sites is 1. The van der Waals surface area contributed by atoms with Gasteiger partial charge >= 0.3 is 5.97 Å². The van der Waals surface area contributed by atoms with E-state index in [0.717, 1.165) is 5.56 Å². The summed E-state index contributed by atoms with van der Waals surface area (Å²) in [5.74, 6) is 0.267. The Morgan fingerprint density at radius 2 is 1.86 bits per heavy atom. The van der Waals surface area contributed by atoms with Crippen LogP contribution in [0.2, 0.25) is 0 Å². The third kappa shape index (κ3) is 3.20. The fourth-order valence-corrected chi connectivity index (χ4v) is 3.03. The van der Waals surface area contributed by atoms with Gasteiger partial charge in [0.1, 0.15) is 11.3 Å². The van der Waals surface area contributed by atoms with E-state index in [-0.39, 0.29) is 23.2 Å². The summed E-state index contributed by atoms with van der Waals surface area (Å²) in [4.78, 5) is 25.5. The molecule has 0 aliphatic rings. The van der Waals surface area contributed by atoms with Gasteiger partial charge in [-0.2, -0.15) is 0 Å². The van der Waals surface area contributed by atoms with E-state index in [1.54, 1.807) is 38.1 Å². The van der Waals surface area contributed by atoms with Gasteiger partial charge in [0.05, 0.1) is 11.1 Å². The van der Waals surface area contributed by atoms with E-state index in [1.165, 1.54) is 0 Å². The van der Waals surface area contributed by atoms with Crippen molar-refractivity contribution in [2.75, 3.05) is 0 Å². The Balaban J connectivity index is 1.77. The van der Waals surface area contributed by atoms with Crippen LogP contribution in [0.5, 0.6) is 0 Å². The fraction of sp³-hybridized carbons (Fsp3) is 0.136. The number of carbonyl (C=O) groups excluding carboxylic acids is 1. The van der Waals surface area contributed by atoms with Gasteiger partial charge < -0.3 is 13.7 Å². The van der Waals surface area contributed by atoms with Crippen molar-refractivity contribution in [3.05, 3.63) is 87.4 Å². The normalized spacial score (nSPS) is 10.9. The number of esters is 1. The molecule has 0 bridgehead atoms. The Morgan fingerprint density at radius 1 is 1.07 bits per heavy atom. The maximum atomic E-state index is 12.8. The van der Waals surface area contributed by atoms with Crippen LogP contribution >= 0.6 is 0 Å². The van der Waals surface area contributed by atoms with Crippen LogP contribution in [-0.2, 0) is 11.3 Å². The molecule has 28 heavy (non-hydrogen) atoms. The number of ether oxygens (including phenoxy) is 1. The molecule has 0 aliphatic heterocycles. The van der Waals surface area contributed by atoms with Crippen molar-refractivity contribution in [2.24, 2.45) is 0 Å². The lowest BCUT2D eigenvalue weighted by Gasteiger charge is -2.10. The number of carbonyl (C=O) groups is 1. The van der Waals surface area contributed by atoms with Crippen molar-refractivity contribution in [2.45, 2.75) is 20.5 Å². The van der Waals surface area contributed by atoms with Crippen molar-refractivity contribution >= 4 is 16.9 Å². The highest BCUT2D eigenvalue weighted by Crippen LogP contribution is 2.27. The highest BCUT2D eigenvalue weighted by molar-refractivity contribution is 6.02. The quantitative estimate of drug-likeness (QED) is 0.491. The predicted octanol–water partition coefficient (Wildman–Crippen LogP) is 4.42. The number of aromatic nitrogens is 1. The van der Waals surface area contributed by atoms with Crippen LogP contribution in [0.1, 0.15) is 27.4 Å². The third-order valence-electron chi connectivity index (χ3n) is 4.42. The van der Waals surface area contributed by atoms with Crippen molar-refractivity contribution in [1.29, 1.82) is 0 Å². The second-order valence-corrected chi connectivity index (χ2v) is 6.44. The van der Waals surface area contributed by atoms with Crippen LogP contribution in [0.3, 0.4) is 0 Å². The highest BCUT2D eigenvalue weighted by Gasteiger charge is 2.19. The zero-order chi connectivity index (χ0) is 19.7. The van der Waals surface area contributed by atoms with Crippen LogP contribution in [0, 0.1) is 13.8 Å². The average Bonchev–Trinajstić information content (AvgIpc) is 3.14. The molecule has 0 saturated heterocycles. The number of benzene rings is 2. The predicted molar refractivity (Wildman–Crippen MR) is 103 cm³/mol. The first-order valence-electron chi connectivity index (χ1n) is 8.76. The molecule has 0 spiro atoms. The zero-order valence-electron chi connectivity index (χ0n) is 15.4. The molecule has 6 nitrogen and oxygen atoms in total. The standard InChI is InChI=1S/C22H17NO5/c1-13-11-16(28-23-13)12-26-22(25)18-10-6-9-17-19(24)14(2)20(27-21(17)18)15-7-4-3-5-8-15/h3-11H,12H2,1-2H3. The Bertz CT molecular complexity index is 1220. The van der Waals surface area contributed by atoms with Gasteiger partial charge in [0.15, 0.2) is 23.4 Å². The second kappa shape index (κ2) is 7.15. The first-order chi connectivity index (χ1) is 13.5. The molecule has 140 valence electrons. The zero-order valence-corrected chi connectivity index (χ0v) is 15.4. The molecule has 4 aromatic rings. The first kappa shape index (κ1) is 17.7. The lowest BCUT2D eigenvalue weighted by atomic mass is 10.0. The molecule has 0 aliphatic carbocycles. The van der Waals surface area contributed by atoms with Gasteiger partial charge in [0.2, 0.25) is 0 Å². The molecule has 0 fully saturated rings. The number of rotatable bonds is 4. The third-order valence-corrected chi connectivity index (χ3v) is 4.42. The van der Waals surface area contributed by atoms with Gasteiger partial charge in [-0.3, -0.25) is 4.79 Å². The lowest BCUT2D eigenvalue weighted by Crippen LogP contribution is -2.11. The Morgan fingerprint density at radius 3 is 2.57 bits per heavy atom. The van der Waals surface area contributed by atoms with Crippen molar-refractivity contribution in [3.8, 4) is 11.3 Å². The summed E-state index contributed by atoms with van der Waals surface area (Å²) in [5, 5.41) is 4.09. The number of hydrogen-bond acceptors (Lipinski definition) is 6.